The summed E-state index contributed by atoms with van der Waals surface area (Å²) >= 11 is 0. The summed E-state index contributed by atoms with van der Waals surface area (Å²) in [7, 11) is 0. The van der Waals surface area contributed by atoms with Crippen molar-refractivity contribution in [2.75, 3.05) is 11.9 Å². The minimum Gasteiger partial charge on any atom is -0.508 e. The Morgan fingerprint density at radius 1 is 1.17 bits per heavy atom. The number of rotatable bonds is 5. The maximum absolute atomic E-state index is 9.18. The molecule has 4 heteroatoms. The molecule has 0 aliphatic heterocycles. The minimum absolute atomic E-state index is 0.279. The molecule has 0 amide bonds. The van der Waals surface area contributed by atoms with Crippen molar-refractivity contribution >= 4 is 5.69 Å². The van der Waals surface area contributed by atoms with E-state index in [1.807, 2.05) is 31.2 Å². The van der Waals surface area contributed by atoms with E-state index in [0.29, 0.717) is 19.0 Å². The monoisotopic (exact) mass is 244 g/mol. The first kappa shape index (κ1) is 12.2. The molecule has 1 aromatic heterocycles. The summed E-state index contributed by atoms with van der Waals surface area (Å²) in [5.41, 5.74) is 2.04. The number of benzene rings is 1. The van der Waals surface area contributed by atoms with Gasteiger partial charge in [-0.1, -0.05) is 12.1 Å². The maximum atomic E-state index is 9.18. The van der Waals surface area contributed by atoms with Gasteiger partial charge in [-0.2, -0.15) is 0 Å². The van der Waals surface area contributed by atoms with E-state index in [1.165, 1.54) is 0 Å². The molecule has 0 spiro atoms. The molecule has 1 heterocycles. The van der Waals surface area contributed by atoms with Crippen LogP contribution in [0.1, 0.15) is 12.5 Å². The SMILES string of the molecule is CCOc1ccc(NCc2ccc(O)cc2)cn1. The van der Waals surface area contributed by atoms with Crippen molar-refractivity contribution in [1.29, 1.82) is 0 Å². The first-order chi connectivity index (χ1) is 8.78. The van der Waals surface area contributed by atoms with Crippen LogP contribution in [0, 0.1) is 0 Å². The number of anilines is 1. The zero-order chi connectivity index (χ0) is 12.8. The van der Waals surface area contributed by atoms with Gasteiger partial charge in [0, 0.05) is 12.6 Å². The second-order valence-electron chi connectivity index (χ2n) is 3.84. The number of nitrogens with zero attached hydrogens (tertiary/aromatic N) is 1. The molecule has 4 nitrogen and oxygen atoms in total. The van der Waals surface area contributed by atoms with E-state index in [-0.39, 0.29) is 5.75 Å². The molecule has 0 atom stereocenters. The number of hydrogen-bond acceptors (Lipinski definition) is 4. The fraction of sp³-hybridized carbons (Fsp3) is 0.214. The van der Waals surface area contributed by atoms with Crippen molar-refractivity contribution in [1.82, 2.24) is 4.98 Å². The van der Waals surface area contributed by atoms with Gasteiger partial charge in [0.1, 0.15) is 5.75 Å². The van der Waals surface area contributed by atoms with Gasteiger partial charge < -0.3 is 15.2 Å². The maximum Gasteiger partial charge on any atom is 0.213 e. The van der Waals surface area contributed by atoms with E-state index in [9.17, 15) is 5.11 Å². The van der Waals surface area contributed by atoms with E-state index in [0.717, 1.165) is 11.3 Å². The normalized spacial score (nSPS) is 10.1. The van der Waals surface area contributed by atoms with E-state index >= 15 is 0 Å². The lowest BCUT2D eigenvalue weighted by atomic mass is 10.2. The highest BCUT2D eigenvalue weighted by atomic mass is 16.5. The Hall–Kier alpha value is -2.23. The fourth-order valence-electron chi connectivity index (χ4n) is 1.54. The summed E-state index contributed by atoms with van der Waals surface area (Å²) in [5.74, 6) is 0.911. The van der Waals surface area contributed by atoms with Gasteiger partial charge in [-0.3, -0.25) is 0 Å². The Labute approximate surface area is 106 Å². The average Bonchev–Trinajstić information content (AvgIpc) is 2.40. The fourth-order valence-corrected chi connectivity index (χ4v) is 1.54. The summed E-state index contributed by atoms with van der Waals surface area (Å²) < 4.78 is 5.27. The van der Waals surface area contributed by atoms with Gasteiger partial charge in [-0.05, 0) is 30.7 Å². The molecule has 0 bridgehead atoms. The van der Waals surface area contributed by atoms with Crippen LogP contribution in [0.4, 0.5) is 5.69 Å². The Kier molecular flexibility index (Phi) is 4.02. The van der Waals surface area contributed by atoms with E-state index in [4.69, 9.17) is 4.74 Å². The molecule has 2 N–H and O–H groups in total. The van der Waals surface area contributed by atoms with Crippen LogP contribution in [-0.2, 0) is 6.54 Å². The van der Waals surface area contributed by atoms with Crippen molar-refractivity contribution in [3.05, 3.63) is 48.2 Å². The Bertz CT molecular complexity index is 480. The van der Waals surface area contributed by atoms with Crippen LogP contribution in [-0.4, -0.2) is 16.7 Å². The van der Waals surface area contributed by atoms with Gasteiger partial charge in [0.2, 0.25) is 5.88 Å². The van der Waals surface area contributed by atoms with Crippen LogP contribution in [0.2, 0.25) is 0 Å². The lowest BCUT2D eigenvalue weighted by molar-refractivity contribution is 0.327. The second kappa shape index (κ2) is 5.91. The first-order valence-electron chi connectivity index (χ1n) is 5.88. The van der Waals surface area contributed by atoms with Gasteiger partial charge in [0.25, 0.3) is 0 Å². The molecule has 0 aliphatic rings. The third-order valence-corrected chi connectivity index (χ3v) is 2.46. The largest absolute Gasteiger partial charge is 0.508 e. The molecular formula is C14H16N2O2. The van der Waals surface area contributed by atoms with Crippen LogP contribution >= 0.6 is 0 Å². The quantitative estimate of drug-likeness (QED) is 0.849. The van der Waals surface area contributed by atoms with Crippen LogP contribution in [0.5, 0.6) is 11.6 Å². The topological polar surface area (TPSA) is 54.4 Å². The van der Waals surface area contributed by atoms with Gasteiger partial charge in [0.05, 0.1) is 18.5 Å². The predicted octanol–water partition coefficient (Wildman–Crippen LogP) is 2.80. The highest BCUT2D eigenvalue weighted by molar-refractivity contribution is 5.43. The summed E-state index contributed by atoms with van der Waals surface area (Å²) in [4.78, 5) is 4.17. The summed E-state index contributed by atoms with van der Waals surface area (Å²) in [6, 6.07) is 10.9. The highest BCUT2D eigenvalue weighted by Gasteiger charge is 1.97. The zero-order valence-corrected chi connectivity index (χ0v) is 10.3. The van der Waals surface area contributed by atoms with E-state index in [1.54, 1.807) is 18.3 Å². The third-order valence-electron chi connectivity index (χ3n) is 2.46. The van der Waals surface area contributed by atoms with Crippen molar-refractivity contribution < 1.29 is 9.84 Å². The Morgan fingerprint density at radius 2 is 1.94 bits per heavy atom. The van der Waals surface area contributed by atoms with Crippen molar-refractivity contribution in [3.63, 3.8) is 0 Å². The van der Waals surface area contributed by atoms with Gasteiger partial charge in [-0.25, -0.2) is 4.98 Å². The van der Waals surface area contributed by atoms with Crippen molar-refractivity contribution in [2.24, 2.45) is 0 Å². The first-order valence-corrected chi connectivity index (χ1v) is 5.88. The number of pyridine rings is 1. The molecule has 2 aromatic rings. The van der Waals surface area contributed by atoms with Gasteiger partial charge >= 0.3 is 0 Å². The number of nitrogens with one attached hydrogen (secondary N) is 1. The molecule has 0 saturated carbocycles. The number of ether oxygens (including phenoxy) is 1. The number of hydrogen-bond donors (Lipinski definition) is 2. The third kappa shape index (κ3) is 3.38. The predicted molar refractivity (Wildman–Crippen MR) is 70.8 cm³/mol. The lowest BCUT2D eigenvalue weighted by Gasteiger charge is -2.07. The molecule has 1 aromatic carbocycles. The van der Waals surface area contributed by atoms with Crippen LogP contribution < -0.4 is 10.1 Å². The standard InChI is InChI=1S/C14H16N2O2/c1-2-18-14-8-5-12(10-16-14)15-9-11-3-6-13(17)7-4-11/h3-8,10,15,17H,2,9H2,1H3. The molecule has 0 radical (unpaired) electrons. The van der Waals surface area contributed by atoms with Crippen molar-refractivity contribution in [3.8, 4) is 11.6 Å². The summed E-state index contributed by atoms with van der Waals surface area (Å²) in [6.45, 7) is 3.24. The van der Waals surface area contributed by atoms with E-state index < -0.39 is 0 Å². The lowest BCUT2D eigenvalue weighted by Crippen LogP contribution is -2.00. The molecule has 2 rings (SSSR count). The Morgan fingerprint density at radius 3 is 2.56 bits per heavy atom. The minimum atomic E-state index is 0.279. The molecule has 94 valence electrons. The van der Waals surface area contributed by atoms with E-state index in [2.05, 4.69) is 10.3 Å². The van der Waals surface area contributed by atoms with Gasteiger partial charge in [-0.15, -0.1) is 0 Å². The number of aromatic hydroxyl groups is 1. The summed E-state index contributed by atoms with van der Waals surface area (Å²) in [6.07, 6.45) is 1.74. The molecule has 0 saturated heterocycles. The number of aromatic nitrogens is 1. The summed E-state index contributed by atoms with van der Waals surface area (Å²) in [5, 5.41) is 12.4. The Balaban J connectivity index is 1.91. The zero-order valence-electron chi connectivity index (χ0n) is 10.3. The van der Waals surface area contributed by atoms with Gasteiger partial charge in [0.15, 0.2) is 0 Å². The molecule has 0 fully saturated rings. The number of phenolic OH excluding ortho intramolecular Hbond substituents is 1. The molecule has 18 heavy (non-hydrogen) atoms. The second-order valence-corrected chi connectivity index (χ2v) is 3.84. The molecule has 0 aliphatic carbocycles. The van der Waals surface area contributed by atoms with Crippen LogP contribution in [0.3, 0.4) is 0 Å². The van der Waals surface area contributed by atoms with Crippen LogP contribution in [0.15, 0.2) is 42.6 Å². The average molecular weight is 244 g/mol. The smallest absolute Gasteiger partial charge is 0.213 e. The number of phenols is 1. The van der Waals surface area contributed by atoms with Crippen molar-refractivity contribution in [2.45, 2.75) is 13.5 Å². The van der Waals surface area contributed by atoms with Crippen LogP contribution in [0.25, 0.3) is 0 Å². The molecular weight excluding hydrogens is 228 g/mol. The highest BCUT2D eigenvalue weighted by Crippen LogP contribution is 2.14. The molecule has 0 unspecified atom stereocenters.